The van der Waals surface area contributed by atoms with E-state index in [9.17, 15) is 4.39 Å². The van der Waals surface area contributed by atoms with Gasteiger partial charge in [0, 0.05) is 10.8 Å². The van der Waals surface area contributed by atoms with Gasteiger partial charge < -0.3 is 4.74 Å². The molecule has 102 valence electrons. The van der Waals surface area contributed by atoms with E-state index in [1.54, 1.807) is 0 Å². The largest absolute Gasteiger partial charge is 0.493 e. The summed E-state index contributed by atoms with van der Waals surface area (Å²) in [6, 6.07) is 8.06. The van der Waals surface area contributed by atoms with E-state index in [0.717, 1.165) is 31.4 Å². The Morgan fingerprint density at radius 3 is 2.32 bits per heavy atom. The predicted molar refractivity (Wildman–Crippen MR) is 74.9 cm³/mol. The van der Waals surface area contributed by atoms with E-state index in [1.165, 1.54) is 5.56 Å². The topological polar surface area (TPSA) is 9.23 Å². The summed E-state index contributed by atoms with van der Waals surface area (Å²) < 4.78 is 20.0. The molecule has 1 fully saturated rings. The van der Waals surface area contributed by atoms with Crippen molar-refractivity contribution in [2.24, 2.45) is 10.8 Å². The van der Waals surface area contributed by atoms with Crippen LogP contribution in [0.2, 0.25) is 0 Å². The molecule has 0 atom stereocenters. The summed E-state index contributed by atoms with van der Waals surface area (Å²) in [6.07, 6.45) is 5.83. The number of hydrogen-bond donors (Lipinski definition) is 0. The Bertz CT molecular complexity index is 492. The maximum atomic E-state index is 14.1. The molecular weight excluding hydrogens is 239 g/mol. The van der Waals surface area contributed by atoms with Gasteiger partial charge in [0.2, 0.25) is 0 Å². The second kappa shape index (κ2) is 4.36. The molecule has 0 aliphatic heterocycles. The third-order valence-corrected chi connectivity index (χ3v) is 4.91. The summed E-state index contributed by atoms with van der Waals surface area (Å²) in [6.45, 7) is 4.70. The van der Waals surface area contributed by atoms with Crippen molar-refractivity contribution in [1.82, 2.24) is 0 Å². The maximum absolute atomic E-state index is 14.1. The number of benzene rings is 1. The molecule has 0 saturated heterocycles. The van der Waals surface area contributed by atoms with E-state index in [2.05, 4.69) is 6.92 Å². The van der Waals surface area contributed by atoms with E-state index >= 15 is 0 Å². The maximum Gasteiger partial charge on any atom is 0.119 e. The first-order chi connectivity index (χ1) is 9.01. The van der Waals surface area contributed by atoms with Crippen LogP contribution in [-0.4, -0.2) is 6.61 Å². The Morgan fingerprint density at radius 2 is 1.74 bits per heavy atom. The fourth-order valence-electron chi connectivity index (χ4n) is 3.17. The lowest BCUT2D eigenvalue weighted by Crippen LogP contribution is -2.41. The Hall–Kier alpha value is -1.31. The van der Waals surface area contributed by atoms with Gasteiger partial charge in [0.1, 0.15) is 11.6 Å². The molecule has 1 aromatic rings. The summed E-state index contributed by atoms with van der Waals surface area (Å²) in [5.41, 5.74) is 0.959. The van der Waals surface area contributed by atoms with Gasteiger partial charge in [0.15, 0.2) is 0 Å². The van der Waals surface area contributed by atoms with Crippen molar-refractivity contribution in [2.45, 2.75) is 39.5 Å². The van der Waals surface area contributed by atoms with Crippen molar-refractivity contribution in [1.29, 1.82) is 0 Å². The van der Waals surface area contributed by atoms with Crippen LogP contribution in [0, 0.1) is 17.8 Å². The van der Waals surface area contributed by atoms with Gasteiger partial charge in [0.05, 0.1) is 6.61 Å². The van der Waals surface area contributed by atoms with Gasteiger partial charge in [-0.25, -0.2) is 4.39 Å². The van der Waals surface area contributed by atoms with Crippen LogP contribution >= 0.6 is 0 Å². The van der Waals surface area contributed by atoms with E-state index in [-0.39, 0.29) is 16.7 Å². The Labute approximate surface area is 114 Å². The molecule has 0 aromatic heterocycles. The van der Waals surface area contributed by atoms with Gasteiger partial charge in [-0.05, 0) is 50.8 Å². The predicted octanol–water partition coefficient (Wildman–Crippen LogP) is 4.81. The van der Waals surface area contributed by atoms with Crippen LogP contribution in [0.25, 0.3) is 0 Å². The fraction of sp³-hybridized carbons (Fsp3) is 0.529. The number of ether oxygens (including phenoxy) is 1. The third kappa shape index (κ3) is 2.29. The molecule has 19 heavy (non-hydrogen) atoms. The second-order valence-corrected chi connectivity index (χ2v) is 6.52. The highest BCUT2D eigenvalue weighted by atomic mass is 19.1. The van der Waals surface area contributed by atoms with Crippen molar-refractivity contribution in [3.8, 4) is 5.75 Å². The minimum Gasteiger partial charge on any atom is -0.493 e. The van der Waals surface area contributed by atoms with Crippen molar-refractivity contribution in [2.75, 3.05) is 6.61 Å². The van der Waals surface area contributed by atoms with Crippen LogP contribution in [-0.2, 0) is 0 Å². The smallest absolute Gasteiger partial charge is 0.119 e. The second-order valence-electron chi connectivity index (χ2n) is 6.52. The van der Waals surface area contributed by atoms with Crippen LogP contribution in [0.1, 0.15) is 38.2 Å². The van der Waals surface area contributed by atoms with Gasteiger partial charge >= 0.3 is 0 Å². The van der Waals surface area contributed by atoms with Gasteiger partial charge in [-0.3, -0.25) is 0 Å². The van der Waals surface area contributed by atoms with Crippen LogP contribution in [0.3, 0.4) is 0 Å². The minimum atomic E-state index is -0.189. The summed E-state index contributed by atoms with van der Waals surface area (Å²) in [4.78, 5) is 0. The van der Waals surface area contributed by atoms with E-state index in [1.807, 2.05) is 37.3 Å². The van der Waals surface area contributed by atoms with Gasteiger partial charge in [0.25, 0.3) is 0 Å². The quantitative estimate of drug-likeness (QED) is 0.758. The van der Waals surface area contributed by atoms with Crippen LogP contribution < -0.4 is 4.74 Å². The zero-order chi connectivity index (χ0) is 13.5. The highest BCUT2D eigenvalue weighted by Gasteiger charge is 2.47. The Morgan fingerprint density at radius 1 is 1.11 bits per heavy atom. The highest BCUT2D eigenvalue weighted by molar-refractivity contribution is 5.27. The minimum absolute atomic E-state index is 0.0767. The van der Waals surface area contributed by atoms with Crippen LogP contribution in [0.4, 0.5) is 4.39 Å². The molecular formula is C17H21FO. The summed E-state index contributed by atoms with van der Waals surface area (Å²) in [5, 5.41) is 0. The highest BCUT2D eigenvalue weighted by Crippen LogP contribution is 2.56. The molecule has 3 aliphatic rings. The monoisotopic (exact) mass is 260 g/mol. The van der Waals surface area contributed by atoms with Crippen molar-refractivity contribution >= 4 is 0 Å². The zero-order valence-electron chi connectivity index (χ0n) is 11.7. The Balaban J connectivity index is 1.72. The molecule has 2 heteroatoms. The first-order valence-electron chi connectivity index (χ1n) is 7.10. The molecule has 0 unspecified atom stereocenters. The molecule has 3 aliphatic carbocycles. The first kappa shape index (κ1) is 12.7. The summed E-state index contributed by atoms with van der Waals surface area (Å²) in [5.74, 6) is 0.963. The number of allylic oxidation sites excluding steroid dienone is 1. The third-order valence-electron chi connectivity index (χ3n) is 4.91. The average Bonchev–Trinajstić information content (AvgIpc) is 2.41. The molecule has 4 rings (SSSR count). The van der Waals surface area contributed by atoms with E-state index in [4.69, 9.17) is 4.74 Å². The summed E-state index contributed by atoms with van der Waals surface area (Å²) in [7, 11) is 0. The average molecular weight is 260 g/mol. The lowest BCUT2D eigenvalue weighted by atomic mass is 9.58. The van der Waals surface area contributed by atoms with Gasteiger partial charge in [-0.2, -0.15) is 0 Å². The molecule has 1 nitrogen and oxygen atoms in total. The van der Waals surface area contributed by atoms with E-state index in [0.29, 0.717) is 6.61 Å². The molecule has 1 saturated carbocycles. The lowest BCUT2D eigenvalue weighted by Gasteiger charge is -2.48. The Kier molecular flexibility index (Phi) is 2.92. The number of halogens is 1. The summed E-state index contributed by atoms with van der Waals surface area (Å²) >= 11 is 0. The van der Waals surface area contributed by atoms with E-state index < -0.39 is 0 Å². The van der Waals surface area contributed by atoms with Gasteiger partial charge in [-0.15, -0.1) is 0 Å². The number of hydrogen-bond acceptors (Lipinski definition) is 1. The molecule has 1 aromatic carbocycles. The van der Waals surface area contributed by atoms with Crippen molar-refractivity contribution < 1.29 is 9.13 Å². The van der Waals surface area contributed by atoms with Crippen LogP contribution in [0.15, 0.2) is 36.2 Å². The number of rotatable bonds is 3. The van der Waals surface area contributed by atoms with Gasteiger partial charge in [-0.1, -0.05) is 24.6 Å². The number of fused-ring (bicyclic) bond motifs is 2. The first-order valence-corrected chi connectivity index (χ1v) is 7.10. The van der Waals surface area contributed by atoms with Crippen molar-refractivity contribution in [3.05, 3.63) is 41.7 Å². The molecule has 0 heterocycles. The molecule has 0 amide bonds. The molecule has 2 bridgehead atoms. The zero-order valence-corrected chi connectivity index (χ0v) is 11.7. The SMILES string of the molecule is Cc1ccc(OCC23C=C(F)C(C)(CC2)CC3)cc1. The fourth-order valence-corrected chi connectivity index (χ4v) is 3.17. The molecule has 0 spiro atoms. The van der Waals surface area contributed by atoms with Crippen LogP contribution in [0.5, 0.6) is 5.75 Å². The van der Waals surface area contributed by atoms with Crippen molar-refractivity contribution in [3.63, 3.8) is 0 Å². The number of aryl methyl sites for hydroxylation is 1. The standard InChI is InChI=1S/C17H21FO/c1-13-3-5-14(6-4-13)19-12-17-9-7-16(2,8-10-17)15(18)11-17/h3-6,11H,7-10,12H2,1-2H3. The lowest BCUT2D eigenvalue weighted by molar-refractivity contribution is 0.0566. The molecule has 0 radical (unpaired) electrons. The normalized spacial score (nSPS) is 33.1. The molecule has 0 N–H and O–H groups in total.